The highest BCUT2D eigenvalue weighted by Crippen LogP contribution is 2.41. The summed E-state index contributed by atoms with van der Waals surface area (Å²) in [6.07, 6.45) is 12.6. The van der Waals surface area contributed by atoms with Gasteiger partial charge in [-0.05, 0) is 62.5 Å². The van der Waals surface area contributed by atoms with Gasteiger partial charge in [-0.15, -0.1) is 0 Å². The van der Waals surface area contributed by atoms with Crippen molar-refractivity contribution in [3.8, 4) is 0 Å². The van der Waals surface area contributed by atoms with Gasteiger partial charge in [-0.25, -0.2) is 0 Å². The molecule has 3 atom stereocenters. The first-order valence-electron chi connectivity index (χ1n) is 8.47. The van der Waals surface area contributed by atoms with Crippen LogP contribution in [0.25, 0.3) is 0 Å². The number of hydrogen-bond acceptors (Lipinski definition) is 3. The quantitative estimate of drug-likeness (QED) is 0.671. The Morgan fingerprint density at radius 1 is 1.00 bits per heavy atom. The number of aliphatic hydroxyl groups excluding tert-OH is 1. The van der Waals surface area contributed by atoms with Crippen molar-refractivity contribution < 1.29 is 5.11 Å². The molecule has 1 N–H and O–H groups in total. The van der Waals surface area contributed by atoms with Gasteiger partial charge in [0.15, 0.2) is 0 Å². The minimum absolute atomic E-state index is 0.127. The van der Waals surface area contributed by atoms with E-state index >= 15 is 0 Å². The number of rotatable bonds is 8. The molecule has 2 aliphatic rings. The van der Waals surface area contributed by atoms with Gasteiger partial charge in [0.2, 0.25) is 0 Å². The van der Waals surface area contributed by atoms with Crippen LogP contribution in [0.4, 0.5) is 0 Å². The molecule has 2 fully saturated rings. The summed E-state index contributed by atoms with van der Waals surface area (Å²) in [5, 5.41) is 12.1. The lowest BCUT2D eigenvalue weighted by Crippen LogP contribution is -2.16. The van der Waals surface area contributed by atoms with E-state index in [1.807, 2.05) is 0 Å². The van der Waals surface area contributed by atoms with Crippen molar-refractivity contribution >= 4 is 23.5 Å². The normalized spacial score (nSPS) is 31.1. The molecule has 0 aromatic heterocycles. The van der Waals surface area contributed by atoms with Crippen molar-refractivity contribution in [2.75, 3.05) is 12.4 Å². The SMILES string of the molecule is CC(C)(CO)CCCC1CCC(CCC2CCCS2)S1. The first-order chi connectivity index (χ1) is 9.59. The fraction of sp³-hybridized carbons (Fsp3) is 1.00. The van der Waals surface area contributed by atoms with Gasteiger partial charge in [0.05, 0.1) is 0 Å². The van der Waals surface area contributed by atoms with E-state index in [9.17, 15) is 5.11 Å². The Labute approximate surface area is 134 Å². The molecule has 0 aromatic rings. The third-order valence-electron chi connectivity index (χ3n) is 4.84. The summed E-state index contributed by atoms with van der Waals surface area (Å²) in [5.41, 5.74) is 0.127. The van der Waals surface area contributed by atoms with Gasteiger partial charge in [0, 0.05) is 22.4 Å². The first kappa shape index (κ1) is 17.0. The molecule has 20 heavy (non-hydrogen) atoms. The molecule has 2 saturated heterocycles. The van der Waals surface area contributed by atoms with E-state index in [0.29, 0.717) is 6.61 Å². The smallest absolute Gasteiger partial charge is 0.0482 e. The number of thioether (sulfide) groups is 2. The Hall–Kier alpha value is 0.660. The third-order valence-corrected chi connectivity index (χ3v) is 8.02. The highest BCUT2D eigenvalue weighted by Gasteiger charge is 2.27. The van der Waals surface area contributed by atoms with Crippen molar-refractivity contribution in [1.82, 2.24) is 0 Å². The predicted molar refractivity (Wildman–Crippen MR) is 93.8 cm³/mol. The zero-order valence-electron chi connectivity index (χ0n) is 13.3. The molecule has 2 rings (SSSR count). The lowest BCUT2D eigenvalue weighted by Gasteiger charge is -2.22. The molecular formula is C17H32OS2. The fourth-order valence-electron chi connectivity index (χ4n) is 3.34. The van der Waals surface area contributed by atoms with Gasteiger partial charge in [-0.1, -0.05) is 20.3 Å². The third kappa shape index (κ3) is 5.81. The first-order valence-corrected chi connectivity index (χ1v) is 10.5. The molecule has 1 nitrogen and oxygen atoms in total. The minimum atomic E-state index is 0.127. The summed E-state index contributed by atoms with van der Waals surface area (Å²) >= 11 is 4.49. The van der Waals surface area contributed by atoms with E-state index in [4.69, 9.17) is 0 Å². The molecule has 0 aliphatic carbocycles. The second kappa shape index (κ2) is 8.33. The molecule has 0 amide bonds. The van der Waals surface area contributed by atoms with E-state index in [0.717, 1.165) is 15.7 Å². The molecule has 0 radical (unpaired) electrons. The van der Waals surface area contributed by atoms with Crippen molar-refractivity contribution in [2.45, 2.75) is 87.4 Å². The highest BCUT2D eigenvalue weighted by molar-refractivity contribution is 8.00. The number of aliphatic hydroxyl groups is 1. The van der Waals surface area contributed by atoms with Crippen LogP contribution in [-0.2, 0) is 0 Å². The summed E-state index contributed by atoms with van der Waals surface area (Å²) in [5.74, 6) is 1.41. The molecule has 0 saturated carbocycles. The summed E-state index contributed by atoms with van der Waals surface area (Å²) in [6.45, 7) is 4.68. The topological polar surface area (TPSA) is 20.2 Å². The van der Waals surface area contributed by atoms with Crippen LogP contribution >= 0.6 is 23.5 Å². The highest BCUT2D eigenvalue weighted by atomic mass is 32.2. The summed E-state index contributed by atoms with van der Waals surface area (Å²) in [6, 6.07) is 0. The minimum Gasteiger partial charge on any atom is -0.396 e. The van der Waals surface area contributed by atoms with Crippen LogP contribution in [-0.4, -0.2) is 33.2 Å². The maximum Gasteiger partial charge on any atom is 0.0482 e. The molecule has 2 aliphatic heterocycles. The van der Waals surface area contributed by atoms with E-state index in [-0.39, 0.29) is 5.41 Å². The van der Waals surface area contributed by atoms with Crippen molar-refractivity contribution in [3.05, 3.63) is 0 Å². The standard InChI is InChI=1S/C17H32OS2/c1-17(2,13-18)11-3-5-15-9-10-16(20-15)8-7-14-6-4-12-19-14/h14-16,18H,3-13H2,1-2H3. The Balaban J connectivity index is 1.55. The zero-order valence-corrected chi connectivity index (χ0v) is 14.9. The molecular weight excluding hydrogens is 284 g/mol. The molecule has 0 spiro atoms. The van der Waals surface area contributed by atoms with E-state index < -0.39 is 0 Å². The van der Waals surface area contributed by atoms with Gasteiger partial charge in [-0.2, -0.15) is 23.5 Å². The van der Waals surface area contributed by atoms with Crippen LogP contribution in [0.15, 0.2) is 0 Å². The van der Waals surface area contributed by atoms with Gasteiger partial charge in [0.25, 0.3) is 0 Å². The van der Waals surface area contributed by atoms with Crippen molar-refractivity contribution in [1.29, 1.82) is 0 Å². The van der Waals surface area contributed by atoms with E-state index in [2.05, 4.69) is 37.4 Å². The Bertz CT molecular complexity index is 274. The zero-order chi connectivity index (χ0) is 14.4. The van der Waals surface area contributed by atoms with Gasteiger partial charge >= 0.3 is 0 Å². The summed E-state index contributed by atoms with van der Waals surface area (Å²) in [4.78, 5) is 0. The summed E-state index contributed by atoms with van der Waals surface area (Å²) < 4.78 is 0. The maximum absolute atomic E-state index is 9.29. The average molecular weight is 317 g/mol. The van der Waals surface area contributed by atoms with Crippen molar-refractivity contribution in [3.63, 3.8) is 0 Å². The number of hydrogen-bond donors (Lipinski definition) is 1. The van der Waals surface area contributed by atoms with Crippen LogP contribution in [0.5, 0.6) is 0 Å². The lowest BCUT2D eigenvalue weighted by molar-refractivity contribution is 0.147. The summed E-state index contributed by atoms with van der Waals surface area (Å²) in [7, 11) is 0. The van der Waals surface area contributed by atoms with Crippen LogP contribution in [0, 0.1) is 5.41 Å². The maximum atomic E-state index is 9.29. The predicted octanol–water partition coefficient (Wildman–Crippen LogP) is 5.12. The molecule has 0 aromatic carbocycles. The van der Waals surface area contributed by atoms with E-state index in [1.54, 1.807) is 0 Å². The largest absolute Gasteiger partial charge is 0.396 e. The van der Waals surface area contributed by atoms with Crippen LogP contribution < -0.4 is 0 Å². The van der Waals surface area contributed by atoms with E-state index in [1.165, 1.54) is 63.5 Å². The fourth-order valence-corrected chi connectivity index (χ4v) is 6.30. The van der Waals surface area contributed by atoms with Crippen LogP contribution in [0.1, 0.15) is 71.6 Å². The molecule has 3 unspecified atom stereocenters. The van der Waals surface area contributed by atoms with Gasteiger partial charge in [-0.3, -0.25) is 0 Å². The Kier molecular flexibility index (Phi) is 7.09. The molecule has 2 heterocycles. The second-order valence-corrected chi connectivity index (χ2v) is 10.4. The molecule has 118 valence electrons. The average Bonchev–Trinajstić information content (AvgIpc) is 3.07. The lowest BCUT2D eigenvalue weighted by atomic mass is 9.88. The molecule has 0 bridgehead atoms. The van der Waals surface area contributed by atoms with Crippen LogP contribution in [0.3, 0.4) is 0 Å². The molecule has 3 heteroatoms. The monoisotopic (exact) mass is 316 g/mol. The Morgan fingerprint density at radius 2 is 1.70 bits per heavy atom. The second-order valence-electron chi connectivity index (χ2n) is 7.38. The van der Waals surface area contributed by atoms with Crippen LogP contribution in [0.2, 0.25) is 0 Å². The Morgan fingerprint density at radius 3 is 2.35 bits per heavy atom. The van der Waals surface area contributed by atoms with Gasteiger partial charge in [0.1, 0.15) is 0 Å². The van der Waals surface area contributed by atoms with Crippen molar-refractivity contribution in [2.24, 2.45) is 5.41 Å². The van der Waals surface area contributed by atoms with Gasteiger partial charge < -0.3 is 5.11 Å².